The number of hydrogen-bond acceptors (Lipinski definition) is 3. The molecule has 0 saturated carbocycles. The monoisotopic (exact) mass is 445 g/mol. The van der Waals surface area contributed by atoms with Crippen molar-refractivity contribution in [3.8, 4) is 0 Å². The summed E-state index contributed by atoms with van der Waals surface area (Å²) < 4.78 is 11.0. The fourth-order valence-electron chi connectivity index (χ4n) is 2.15. The molecule has 6 heteroatoms. The number of halogens is 1. The molecule has 0 aliphatic rings. The van der Waals surface area contributed by atoms with Crippen LogP contribution in [0.3, 0.4) is 0 Å². The van der Waals surface area contributed by atoms with E-state index in [2.05, 4.69) is 36.4 Å². The van der Waals surface area contributed by atoms with Crippen LogP contribution in [0.5, 0.6) is 0 Å². The first-order valence-corrected chi connectivity index (χ1v) is 8.18. The van der Waals surface area contributed by atoms with Gasteiger partial charge >= 0.3 is 0 Å². The first-order valence-electron chi connectivity index (χ1n) is 8.18. The van der Waals surface area contributed by atoms with Crippen molar-refractivity contribution in [1.82, 2.24) is 10.6 Å². The summed E-state index contributed by atoms with van der Waals surface area (Å²) in [6.07, 6.45) is 2.52. The molecule has 0 radical (unpaired) electrons. The van der Waals surface area contributed by atoms with Crippen LogP contribution >= 0.6 is 24.0 Å². The van der Waals surface area contributed by atoms with Gasteiger partial charge in [0.1, 0.15) is 17.3 Å². The molecular weight excluding hydrogens is 417 g/mol. The van der Waals surface area contributed by atoms with Gasteiger partial charge in [0, 0.05) is 19.5 Å². The van der Waals surface area contributed by atoms with E-state index in [9.17, 15) is 0 Å². The minimum Gasteiger partial charge on any atom is -0.469 e. The van der Waals surface area contributed by atoms with Crippen molar-refractivity contribution in [3.63, 3.8) is 0 Å². The zero-order valence-electron chi connectivity index (χ0n) is 14.8. The third kappa shape index (κ3) is 6.98. The minimum absolute atomic E-state index is 0. The number of guanidine groups is 1. The van der Waals surface area contributed by atoms with Gasteiger partial charge in [-0.1, -0.05) is 13.8 Å². The molecule has 2 heterocycles. The maximum atomic E-state index is 5.67. The Labute approximate surface area is 161 Å². The third-order valence-corrected chi connectivity index (χ3v) is 3.40. The SMILES string of the molecule is Cc1ccc(C(C)NC(=NCC(C)C)NCCc2ccco2)o1.I. The molecule has 5 nitrogen and oxygen atoms in total. The van der Waals surface area contributed by atoms with Gasteiger partial charge in [0.2, 0.25) is 0 Å². The molecule has 0 aliphatic heterocycles. The smallest absolute Gasteiger partial charge is 0.191 e. The van der Waals surface area contributed by atoms with Crippen LogP contribution in [0.4, 0.5) is 0 Å². The maximum absolute atomic E-state index is 5.67. The Balaban J connectivity index is 0.00000288. The lowest BCUT2D eigenvalue weighted by molar-refractivity contribution is 0.440. The summed E-state index contributed by atoms with van der Waals surface area (Å²) in [5, 5.41) is 6.75. The van der Waals surface area contributed by atoms with E-state index in [4.69, 9.17) is 8.83 Å². The number of nitrogens with one attached hydrogen (secondary N) is 2. The third-order valence-electron chi connectivity index (χ3n) is 3.40. The standard InChI is InChI=1S/C18H27N3O2.HI/c1-13(2)12-20-18(19-10-9-16-6-5-11-22-16)21-15(4)17-8-7-14(3)23-17;/h5-8,11,13,15H,9-10,12H2,1-4H3,(H2,19,20,21);1H. The lowest BCUT2D eigenvalue weighted by atomic mass is 10.2. The Morgan fingerprint density at radius 3 is 2.58 bits per heavy atom. The minimum atomic E-state index is 0. The van der Waals surface area contributed by atoms with Crippen LogP contribution in [-0.4, -0.2) is 19.0 Å². The van der Waals surface area contributed by atoms with Crippen molar-refractivity contribution < 1.29 is 8.83 Å². The summed E-state index contributed by atoms with van der Waals surface area (Å²) in [6.45, 7) is 9.87. The lowest BCUT2D eigenvalue weighted by Gasteiger charge is -2.17. The second kappa shape index (κ2) is 10.4. The second-order valence-corrected chi connectivity index (χ2v) is 6.15. The van der Waals surface area contributed by atoms with Gasteiger partial charge in [-0.3, -0.25) is 4.99 Å². The summed E-state index contributed by atoms with van der Waals surface area (Å²) in [5.74, 6) is 4.11. The maximum Gasteiger partial charge on any atom is 0.191 e. The van der Waals surface area contributed by atoms with E-state index in [1.165, 1.54) is 0 Å². The zero-order valence-corrected chi connectivity index (χ0v) is 17.2. The van der Waals surface area contributed by atoms with E-state index in [0.29, 0.717) is 5.92 Å². The highest BCUT2D eigenvalue weighted by Crippen LogP contribution is 2.15. The highest BCUT2D eigenvalue weighted by atomic mass is 127. The molecule has 24 heavy (non-hydrogen) atoms. The Kier molecular flexibility index (Phi) is 8.95. The molecule has 2 N–H and O–H groups in total. The summed E-state index contributed by atoms with van der Waals surface area (Å²) in [4.78, 5) is 4.64. The Morgan fingerprint density at radius 1 is 1.21 bits per heavy atom. The molecular formula is C18H28IN3O2. The van der Waals surface area contributed by atoms with E-state index in [1.54, 1.807) is 6.26 Å². The molecule has 1 atom stereocenters. The highest BCUT2D eigenvalue weighted by molar-refractivity contribution is 14.0. The molecule has 0 aromatic carbocycles. The van der Waals surface area contributed by atoms with Gasteiger partial charge in [0.15, 0.2) is 5.96 Å². The predicted molar refractivity (Wildman–Crippen MR) is 108 cm³/mol. The van der Waals surface area contributed by atoms with Crippen LogP contribution in [-0.2, 0) is 6.42 Å². The second-order valence-electron chi connectivity index (χ2n) is 6.15. The van der Waals surface area contributed by atoms with Crippen LogP contribution in [0.25, 0.3) is 0 Å². The molecule has 0 amide bonds. The Bertz CT molecular complexity index is 606. The predicted octanol–water partition coefficient (Wildman–Crippen LogP) is 4.29. The fraction of sp³-hybridized carbons (Fsp3) is 0.500. The van der Waals surface area contributed by atoms with E-state index in [1.807, 2.05) is 31.2 Å². The Hall–Kier alpha value is -1.44. The van der Waals surface area contributed by atoms with Gasteiger partial charge < -0.3 is 19.5 Å². The van der Waals surface area contributed by atoms with Crippen molar-refractivity contribution in [2.45, 2.75) is 40.2 Å². The van der Waals surface area contributed by atoms with Crippen molar-refractivity contribution in [2.24, 2.45) is 10.9 Å². The summed E-state index contributed by atoms with van der Waals surface area (Å²) in [7, 11) is 0. The summed E-state index contributed by atoms with van der Waals surface area (Å²) in [5.41, 5.74) is 0. The van der Waals surface area contributed by atoms with Crippen molar-refractivity contribution in [3.05, 3.63) is 47.8 Å². The molecule has 2 aromatic heterocycles. The van der Waals surface area contributed by atoms with E-state index >= 15 is 0 Å². The average molecular weight is 445 g/mol. The normalized spacial score (nSPS) is 12.8. The van der Waals surface area contributed by atoms with Crippen LogP contribution in [0, 0.1) is 12.8 Å². The molecule has 0 aliphatic carbocycles. The molecule has 0 spiro atoms. The molecule has 2 aromatic rings. The van der Waals surface area contributed by atoms with Gasteiger partial charge in [-0.15, -0.1) is 24.0 Å². The van der Waals surface area contributed by atoms with Crippen LogP contribution < -0.4 is 10.6 Å². The molecule has 0 fully saturated rings. The number of aliphatic imine (C=N–C) groups is 1. The number of furan rings is 2. The van der Waals surface area contributed by atoms with E-state index < -0.39 is 0 Å². The lowest BCUT2D eigenvalue weighted by Crippen LogP contribution is -2.40. The topological polar surface area (TPSA) is 62.7 Å². The summed E-state index contributed by atoms with van der Waals surface area (Å²) >= 11 is 0. The molecule has 2 rings (SSSR count). The summed E-state index contributed by atoms with van der Waals surface area (Å²) in [6, 6.07) is 7.92. The van der Waals surface area contributed by atoms with Crippen molar-refractivity contribution in [1.29, 1.82) is 0 Å². The van der Waals surface area contributed by atoms with Crippen LogP contribution in [0.2, 0.25) is 0 Å². The van der Waals surface area contributed by atoms with Gasteiger partial charge in [0.05, 0.1) is 12.3 Å². The van der Waals surface area contributed by atoms with Crippen molar-refractivity contribution >= 4 is 29.9 Å². The number of rotatable bonds is 7. The van der Waals surface area contributed by atoms with Crippen LogP contribution in [0.15, 0.2) is 44.4 Å². The molecule has 134 valence electrons. The molecule has 1 unspecified atom stereocenters. The number of hydrogen-bond donors (Lipinski definition) is 2. The quantitative estimate of drug-likeness (QED) is 0.379. The number of aryl methyl sites for hydroxylation is 1. The van der Waals surface area contributed by atoms with Gasteiger partial charge in [-0.05, 0) is 44.0 Å². The van der Waals surface area contributed by atoms with Crippen molar-refractivity contribution in [2.75, 3.05) is 13.1 Å². The largest absolute Gasteiger partial charge is 0.469 e. The van der Waals surface area contributed by atoms with Gasteiger partial charge in [0.25, 0.3) is 0 Å². The number of nitrogens with zero attached hydrogens (tertiary/aromatic N) is 1. The Morgan fingerprint density at radius 2 is 2.00 bits per heavy atom. The van der Waals surface area contributed by atoms with Gasteiger partial charge in [-0.2, -0.15) is 0 Å². The molecule has 0 saturated heterocycles. The fourth-order valence-corrected chi connectivity index (χ4v) is 2.15. The molecule has 0 bridgehead atoms. The first kappa shape index (κ1) is 20.6. The van der Waals surface area contributed by atoms with Gasteiger partial charge in [-0.25, -0.2) is 0 Å². The van der Waals surface area contributed by atoms with Crippen LogP contribution in [0.1, 0.15) is 44.1 Å². The first-order chi connectivity index (χ1) is 11.0. The van der Waals surface area contributed by atoms with E-state index in [-0.39, 0.29) is 30.0 Å². The highest BCUT2D eigenvalue weighted by Gasteiger charge is 2.11. The zero-order chi connectivity index (χ0) is 16.7. The average Bonchev–Trinajstić information content (AvgIpc) is 3.16. The van der Waals surface area contributed by atoms with E-state index in [0.717, 1.165) is 42.8 Å².